The number of rotatable bonds is 5. The Morgan fingerprint density at radius 3 is 2.33 bits per heavy atom. The molecule has 0 bridgehead atoms. The first-order valence-corrected chi connectivity index (χ1v) is 7.13. The molecule has 0 aliphatic carbocycles. The Hall–Kier alpha value is -0.990. The minimum absolute atomic E-state index is 0.107. The Balaban J connectivity index is 3.22. The van der Waals surface area contributed by atoms with Gasteiger partial charge in [0.1, 0.15) is 5.69 Å². The normalized spacial score (nSPS) is 13.9. The molecule has 0 saturated heterocycles. The van der Waals surface area contributed by atoms with Gasteiger partial charge in [0.05, 0.1) is 5.69 Å². The van der Waals surface area contributed by atoms with Gasteiger partial charge in [-0.1, -0.05) is 41.0 Å². The number of hydrogen-bond donors (Lipinski definition) is 1. The molecule has 1 rings (SSSR count). The van der Waals surface area contributed by atoms with E-state index in [-0.39, 0.29) is 5.41 Å². The van der Waals surface area contributed by atoms with Gasteiger partial charge in [-0.3, -0.25) is 4.68 Å². The highest BCUT2D eigenvalue weighted by Crippen LogP contribution is 2.35. The second-order valence-corrected chi connectivity index (χ2v) is 6.20. The van der Waals surface area contributed by atoms with E-state index in [1.54, 1.807) is 0 Å². The first-order chi connectivity index (χ1) is 8.32. The number of aromatic nitrogens is 2. The molecule has 104 valence electrons. The van der Waals surface area contributed by atoms with Gasteiger partial charge in [0.15, 0.2) is 5.75 Å². The Kier molecular flexibility index (Phi) is 4.83. The highest BCUT2D eigenvalue weighted by atomic mass is 16.3. The van der Waals surface area contributed by atoms with Crippen LogP contribution in [0.3, 0.4) is 0 Å². The molecule has 0 aliphatic rings. The lowest BCUT2D eigenvalue weighted by Crippen LogP contribution is -2.14. The third-order valence-corrected chi connectivity index (χ3v) is 3.47. The van der Waals surface area contributed by atoms with Gasteiger partial charge in [-0.05, 0) is 26.2 Å². The molecule has 1 atom stereocenters. The van der Waals surface area contributed by atoms with Crippen LogP contribution in [0.5, 0.6) is 5.75 Å². The predicted molar refractivity (Wildman–Crippen MR) is 76.2 cm³/mol. The van der Waals surface area contributed by atoms with E-state index in [1.165, 1.54) is 0 Å². The fraction of sp³-hybridized carbons (Fsp3) is 0.800. The van der Waals surface area contributed by atoms with E-state index in [4.69, 9.17) is 0 Å². The summed E-state index contributed by atoms with van der Waals surface area (Å²) < 4.78 is 2.03. The molecule has 1 aromatic heterocycles. The fourth-order valence-corrected chi connectivity index (χ4v) is 2.08. The lowest BCUT2D eigenvalue weighted by atomic mass is 9.91. The molecule has 3 heteroatoms. The Morgan fingerprint density at radius 2 is 1.89 bits per heavy atom. The zero-order valence-corrected chi connectivity index (χ0v) is 12.7. The predicted octanol–water partition coefficient (Wildman–Crippen LogP) is 4.20. The smallest absolute Gasteiger partial charge is 0.160 e. The fourth-order valence-electron chi connectivity index (χ4n) is 2.08. The van der Waals surface area contributed by atoms with E-state index in [9.17, 15) is 5.11 Å². The number of hydrogen-bond acceptors (Lipinski definition) is 2. The molecule has 1 unspecified atom stereocenters. The zero-order chi connectivity index (χ0) is 13.9. The molecule has 1 heterocycles. The van der Waals surface area contributed by atoms with Crippen molar-refractivity contribution in [3.63, 3.8) is 0 Å². The van der Waals surface area contributed by atoms with Crippen molar-refractivity contribution in [1.29, 1.82) is 0 Å². The van der Waals surface area contributed by atoms with E-state index in [2.05, 4.69) is 46.6 Å². The molecule has 0 fully saturated rings. The lowest BCUT2D eigenvalue weighted by Gasteiger charge is -2.15. The first-order valence-electron chi connectivity index (χ1n) is 7.13. The van der Waals surface area contributed by atoms with Crippen molar-refractivity contribution in [2.75, 3.05) is 0 Å². The topological polar surface area (TPSA) is 38.1 Å². The lowest BCUT2D eigenvalue weighted by molar-refractivity contribution is 0.433. The van der Waals surface area contributed by atoms with Gasteiger partial charge in [-0.25, -0.2) is 0 Å². The molecule has 18 heavy (non-hydrogen) atoms. The summed E-state index contributed by atoms with van der Waals surface area (Å²) in [6.45, 7) is 12.8. The highest BCUT2D eigenvalue weighted by Gasteiger charge is 2.27. The van der Waals surface area contributed by atoms with Gasteiger partial charge in [-0.15, -0.1) is 0 Å². The van der Waals surface area contributed by atoms with Crippen LogP contribution in [-0.4, -0.2) is 14.9 Å². The van der Waals surface area contributed by atoms with Gasteiger partial charge in [0.2, 0.25) is 0 Å². The molecule has 1 aromatic rings. The van der Waals surface area contributed by atoms with Crippen molar-refractivity contribution in [1.82, 2.24) is 9.78 Å². The van der Waals surface area contributed by atoms with Crippen molar-refractivity contribution in [2.45, 2.75) is 78.7 Å². The molecule has 0 saturated carbocycles. The van der Waals surface area contributed by atoms with E-state index in [0.717, 1.165) is 37.1 Å². The van der Waals surface area contributed by atoms with Crippen molar-refractivity contribution in [3.05, 3.63) is 11.4 Å². The Morgan fingerprint density at radius 1 is 1.28 bits per heavy atom. The summed E-state index contributed by atoms with van der Waals surface area (Å²) in [7, 11) is 0. The van der Waals surface area contributed by atoms with Crippen molar-refractivity contribution in [3.8, 4) is 5.75 Å². The summed E-state index contributed by atoms with van der Waals surface area (Å²) in [5.41, 5.74) is 1.73. The third-order valence-electron chi connectivity index (χ3n) is 3.47. The van der Waals surface area contributed by atoms with Crippen molar-refractivity contribution >= 4 is 0 Å². The quantitative estimate of drug-likeness (QED) is 0.853. The minimum atomic E-state index is -0.107. The standard InChI is InChI=1S/C15H28N2O/c1-7-9-10-12-13(18)14(15(4,5)6)16-17(12)11(3)8-2/h11,18H,7-10H2,1-6H3. The molecule has 0 aromatic carbocycles. The second-order valence-electron chi connectivity index (χ2n) is 6.20. The summed E-state index contributed by atoms with van der Waals surface area (Å²) in [4.78, 5) is 0. The summed E-state index contributed by atoms with van der Waals surface area (Å²) in [5, 5.41) is 15.1. The van der Waals surface area contributed by atoms with Crippen LogP contribution in [-0.2, 0) is 11.8 Å². The van der Waals surface area contributed by atoms with Crippen LogP contribution < -0.4 is 0 Å². The Bertz CT molecular complexity index is 388. The summed E-state index contributed by atoms with van der Waals surface area (Å²) >= 11 is 0. The van der Waals surface area contributed by atoms with Crippen LogP contribution >= 0.6 is 0 Å². The second kappa shape index (κ2) is 5.77. The SMILES string of the molecule is CCCCc1c(O)c(C(C)(C)C)nn1C(C)CC. The van der Waals surface area contributed by atoms with Gasteiger partial charge in [0.25, 0.3) is 0 Å². The van der Waals surface area contributed by atoms with Gasteiger partial charge in [0, 0.05) is 11.5 Å². The molecule has 3 nitrogen and oxygen atoms in total. The third kappa shape index (κ3) is 3.06. The first kappa shape index (κ1) is 15.1. The van der Waals surface area contributed by atoms with Crippen molar-refractivity contribution < 1.29 is 5.11 Å². The Labute approximate surface area is 111 Å². The van der Waals surface area contributed by atoms with Crippen LogP contribution in [0.1, 0.15) is 78.2 Å². The molecule has 0 amide bonds. The van der Waals surface area contributed by atoms with Gasteiger partial charge < -0.3 is 5.11 Å². The molecule has 0 radical (unpaired) electrons. The number of nitrogens with zero attached hydrogens (tertiary/aromatic N) is 2. The van der Waals surface area contributed by atoms with E-state index in [0.29, 0.717) is 11.8 Å². The highest BCUT2D eigenvalue weighted by molar-refractivity contribution is 5.37. The van der Waals surface area contributed by atoms with E-state index >= 15 is 0 Å². The summed E-state index contributed by atoms with van der Waals surface area (Å²) in [6.07, 6.45) is 4.18. The van der Waals surface area contributed by atoms with Crippen LogP contribution in [0, 0.1) is 0 Å². The molecule has 0 spiro atoms. The number of unbranched alkanes of at least 4 members (excludes halogenated alkanes) is 1. The maximum Gasteiger partial charge on any atom is 0.160 e. The van der Waals surface area contributed by atoms with Gasteiger partial charge >= 0.3 is 0 Å². The zero-order valence-electron chi connectivity index (χ0n) is 12.7. The summed E-state index contributed by atoms with van der Waals surface area (Å²) in [6, 6.07) is 0.346. The van der Waals surface area contributed by atoms with E-state index < -0.39 is 0 Å². The van der Waals surface area contributed by atoms with E-state index in [1.807, 2.05) is 4.68 Å². The average Bonchev–Trinajstić information content (AvgIpc) is 2.62. The summed E-state index contributed by atoms with van der Waals surface area (Å²) in [5.74, 6) is 0.413. The largest absolute Gasteiger partial charge is 0.504 e. The maximum absolute atomic E-state index is 10.4. The maximum atomic E-state index is 10.4. The molecule has 1 N–H and O–H groups in total. The number of aromatic hydroxyl groups is 1. The van der Waals surface area contributed by atoms with Crippen molar-refractivity contribution in [2.24, 2.45) is 0 Å². The monoisotopic (exact) mass is 252 g/mol. The van der Waals surface area contributed by atoms with Crippen LogP contribution in [0.4, 0.5) is 0 Å². The van der Waals surface area contributed by atoms with Crippen LogP contribution in [0.2, 0.25) is 0 Å². The minimum Gasteiger partial charge on any atom is -0.504 e. The molecular formula is C15H28N2O. The van der Waals surface area contributed by atoms with Crippen LogP contribution in [0.25, 0.3) is 0 Å². The van der Waals surface area contributed by atoms with Crippen LogP contribution in [0.15, 0.2) is 0 Å². The average molecular weight is 252 g/mol. The molecule has 0 aliphatic heterocycles. The molecular weight excluding hydrogens is 224 g/mol. The van der Waals surface area contributed by atoms with Gasteiger partial charge in [-0.2, -0.15) is 5.10 Å².